The number of aromatic nitrogens is 4. The Hall–Kier alpha value is -3.31. The summed E-state index contributed by atoms with van der Waals surface area (Å²) in [5.41, 5.74) is -3.71. The van der Waals surface area contributed by atoms with E-state index in [1.807, 2.05) is 15.3 Å². The summed E-state index contributed by atoms with van der Waals surface area (Å²) in [4.78, 5) is 88.0. The number of H-pyrrole nitrogens is 2. The highest BCUT2D eigenvalue weighted by Crippen LogP contribution is 2.57. The van der Waals surface area contributed by atoms with E-state index in [0.717, 1.165) is 31.5 Å². The normalized spacial score (nSPS) is 36.5. The average molecular weight is 832 g/mol. The van der Waals surface area contributed by atoms with Crippen molar-refractivity contribution in [3.8, 4) is 0 Å². The highest BCUT2D eigenvalue weighted by molar-refractivity contribution is 7.59. The largest absolute Gasteiger partial charge is 0.756 e. The van der Waals surface area contributed by atoms with Gasteiger partial charge < -0.3 is 69.6 Å². The Balaban J connectivity index is 1.25. The van der Waals surface area contributed by atoms with E-state index in [1.165, 1.54) is 0 Å². The number of phosphoric acid groups is 2. The van der Waals surface area contributed by atoms with Gasteiger partial charge in [0.2, 0.25) is 5.91 Å². The van der Waals surface area contributed by atoms with Gasteiger partial charge in [-0.25, -0.2) is 13.9 Å². The Bertz CT molecular complexity index is 2040. The number of carbonyl (C=O) groups excluding carboxylic acids is 1. The minimum Gasteiger partial charge on any atom is -0.756 e. The van der Waals surface area contributed by atoms with Crippen LogP contribution in [0.25, 0.3) is 0 Å². The molecule has 0 bridgehead atoms. The second-order valence-electron chi connectivity index (χ2n) is 12.5. The van der Waals surface area contributed by atoms with Gasteiger partial charge in [0.15, 0.2) is 18.7 Å². The molecular formula is C26H35N5O22P2-2. The molecule has 55 heavy (non-hydrogen) atoms. The molecule has 3 aliphatic heterocycles. The molecule has 27 nitrogen and oxygen atoms in total. The molecule has 5 heterocycles. The number of carbonyl (C=O) groups is 1. The Morgan fingerprint density at radius 2 is 1.35 bits per heavy atom. The maximum Gasteiger partial charge on any atom is 0.330 e. The summed E-state index contributed by atoms with van der Waals surface area (Å²) in [6.45, 7) is -0.309. The SMILES string of the molecule is CC(=O)N[C@H]1[C@@H](OP(=O)([O-])OP(=O)([O-])OC[C@H]2O[C@@H](n3ccc(=O)[nH]c3=O)[C@H](O)[C@@H]2O)O[C@H](CC(O)[C@H]2O[C@@H](n3ccc(=O)[nH]c3=O)[C@H](O)[C@@H]2O)[C@H](O)[C@@H]1O. The number of hydrogen-bond acceptors (Lipinski definition) is 22. The smallest absolute Gasteiger partial charge is 0.330 e. The predicted molar refractivity (Wildman–Crippen MR) is 167 cm³/mol. The third kappa shape index (κ3) is 9.63. The zero-order chi connectivity index (χ0) is 40.7. The van der Waals surface area contributed by atoms with Gasteiger partial charge >= 0.3 is 11.4 Å². The van der Waals surface area contributed by atoms with Gasteiger partial charge in [-0.2, -0.15) is 0 Å². The van der Waals surface area contributed by atoms with Gasteiger partial charge in [-0.3, -0.25) is 47.1 Å². The summed E-state index contributed by atoms with van der Waals surface area (Å²) in [7, 11) is -12.2. The second kappa shape index (κ2) is 16.7. The van der Waals surface area contributed by atoms with E-state index in [4.69, 9.17) is 14.2 Å². The Morgan fingerprint density at radius 1 is 0.818 bits per heavy atom. The van der Waals surface area contributed by atoms with Crippen molar-refractivity contribution < 1.29 is 87.0 Å². The topological polar surface area (TPSA) is 416 Å². The molecule has 5 rings (SSSR count). The number of amides is 1. The standard InChI is InChI=1S/C26H37N5O22P2/c1-8(32)27-14-17(38)15(36)10(6-9(33)21-18(39)20(41)23(51-21)31-5-3-13(35)29-26(31)43)50-24(14)52-55(46,47)53-54(44,45)48-7-11-16(37)19(40)22(49-11)30-4-2-12(34)28-25(30)42/h2-5,9-11,14-24,33,36-41H,6-7H2,1H3,(H,27,32)(H,44,45)(H,46,47)(H,28,34,42)(H,29,35,43)/p-2/t9?,10-,11-,14-,15+,16-,17-,18+,19-,20-,21-,22-,23-,24-/m1/s1. The number of hydrogen-bond donors (Lipinski definition) is 10. The summed E-state index contributed by atoms with van der Waals surface area (Å²) < 4.78 is 56.0. The van der Waals surface area contributed by atoms with Crippen LogP contribution in [-0.2, 0) is 41.5 Å². The van der Waals surface area contributed by atoms with Crippen LogP contribution in [0.1, 0.15) is 25.8 Å². The van der Waals surface area contributed by atoms with E-state index < -0.39 is 143 Å². The number of nitrogens with zero attached hydrogens (tertiary/aromatic N) is 2. The molecule has 0 aliphatic carbocycles. The number of rotatable bonds is 13. The van der Waals surface area contributed by atoms with Crippen LogP contribution in [0.2, 0.25) is 0 Å². The van der Waals surface area contributed by atoms with Gasteiger partial charge in [-0.1, -0.05) is 0 Å². The van der Waals surface area contributed by atoms with Crippen molar-refractivity contribution in [3.05, 3.63) is 66.2 Å². The van der Waals surface area contributed by atoms with Crippen molar-refractivity contribution in [2.24, 2.45) is 0 Å². The van der Waals surface area contributed by atoms with E-state index in [-0.39, 0.29) is 0 Å². The van der Waals surface area contributed by atoms with E-state index >= 15 is 0 Å². The lowest BCUT2D eigenvalue weighted by Crippen LogP contribution is -2.64. The van der Waals surface area contributed by atoms with Crippen LogP contribution in [0.15, 0.2) is 43.7 Å². The number of aliphatic hydroxyl groups is 7. The molecule has 16 atom stereocenters. The minimum atomic E-state index is -6.19. The van der Waals surface area contributed by atoms with Crippen molar-refractivity contribution in [2.75, 3.05) is 6.61 Å². The second-order valence-corrected chi connectivity index (χ2v) is 15.4. The number of aromatic amines is 2. The van der Waals surface area contributed by atoms with Crippen molar-refractivity contribution >= 4 is 21.6 Å². The number of aliphatic hydroxyl groups excluding tert-OH is 7. The summed E-state index contributed by atoms with van der Waals surface area (Å²) in [6.07, 6.45) is -23.8. The molecule has 29 heteroatoms. The fraction of sp³-hybridized carbons (Fsp3) is 0.654. The molecule has 1 amide bonds. The zero-order valence-corrected chi connectivity index (χ0v) is 29.6. The quantitative estimate of drug-likeness (QED) is 0.0838. The van der Waals surface area contributed by atoms with Gasteiger partial charge in [-0.15, -0.1) is 0 Å². The van der Waals surface area contributed by atoms with Crippen molar-refractivity contribution in [3.63, 3.8) is 0 Å². The highest BCUT2D eigenvalue weighted by Gasteiger charge is 2.52. The molecule has 3 saturated heterocycles. The maximum atomic E-state index is 12.8. The van der Waals surface area contributed by atoms with E-state index in [2.05, 4.69) is 13.4 Å². The summed E-state index contributed by atoms with van der Waals surface area (Å²) in [5.74, 6) is -0.939. The molecule has 0 spiro atoms. The van der Waals surface area contributed by atoms with Crippen molar-refractivity contribution in [1.29, 1.82) is 0 Å². The fourth-order valence-electron chi connectivity index (χ4n) is 6.02. The van der Waals surface area contributed by atoms with Gasteiger partial charge in [0.1, 0.15) is 54.9 Å². The molecule has 3 aliphatic rings. The fourth-order valence-corrected chi connectivity index (χ4v) is 8.11. The summed E-state index contributed by atoms with van der Waals surface area (Å²) >= 11 is 0. The number of phosphoric ester groups is 2. The Labute approximate surface area is 305 Å². The van der Waals surface area contributed by atoms with Crippen molar-refractivity contribution in [2.45, 2.75) is 99.2 Å². The molecule has 0 saturated carbocycles. The summed E-state index contributed by atoms with van der Waals surface area (Å²) in [6, 6.07) is -0.172. The molecule has 2 aromatic rings. The Morgan fingerprint density at radius 3 is 1.89 bits per heavy atom. The first-order chi connectivity index (χ1) is 25.6. The van der Waals surface area contributed by atoms with Crippen LogP contribution in [0.3, 0.4) is 0 Å². The zero-order valence-electron chi connectivity index (χ0n) is 27.8. The lowest BCUT2D eigenvalue weighted by molar-refractivity contribution is -0.285. The highest BCUT2D eigenvalue weighted by atomic mass is 31.3. The van der Waals surface area contributed by atoms with Crippen LogP contribution in [-0.4, -0.2) is 141 Å². The molecule has 308 valence electrons. The van der Waals surface area contributed by atoms with Gasteiger partial charge in [0.05, 0.1) is 18.8 Å². The van der Waals surface area contributed by atoms with E-state index in [0.29, 0.717) is 9.13 Å². The van der Waals surface area contributed by atoms with Gasteiger partial charge in [0, 0.05) is 37.9 Å². The van der Waals surface area contributed by atoms with Crippen LogP contribution in [0.5, 0.6) is 0 Å². The first-order valence-corrected chi connectivity index (χ1v) is 18.8. The Kier molecular flexibility index (Phi) is 13.0. The third-order valence-corrected chi connectivity index (χ3v) is 11.1. The molecule has 2 aromatic heterocycles. The van der Waals surface area contributed by atoms with Crippen LogP contribution >= 0.6 is 15.6 Å². The molecule has 10 N–H and O–H groups in total. The predicted octanol–water partition coefficient (Wildman–Crippen LogP) is -7.99. The lowest BCUT2D eigenvalue weighted by atomic mass is 9.91. The van der Waals surface area contributed by atoms with Crippen LogP contribution in [0.4, 0.5) is 0 Å². The molecule has 0 aromatic carbocycles. The van der Waals surface area contributed by atoms with Crippen molar-refractivity contribution in [1.82, 2.24) is 24.4 Å². The molecule has 0 radical (unpaired) electrons. The van der Waals surface area contributed by atoms with Gasteiger partial charge in [-0.05, 0) is 0 Å². The number of nitrogens with one attached hydrogen (secondary N) is 3. The average Bonchev–Trinajstić information content (AvgIpc) is 3.53. The lowest BCUT2D eigenvalue weighted by Gasteiger charge is -2.45. The number of ether oxygens (including phenoxy) is 3. The van der Waals surface area contributed by atoms with Crippen LogP contribution in [0, 0.1) is 0 Å². The first-order valence-electron chi connectivity index (χ1n) is 15.9. The molecule has 3 unspecified atom stereocenters. The molecule has 3 fully saturated rings. The third-order valence-electron chi connectivity index (χ3n) is 8.62. The molecular weight excluding hydrogens is 796 g/mol. The maximum absolute atomic E-state index is 12.8. The summed E-state index contributed by atoms with van der Waals surface area (Å²) in [5, 5.41) is 76.2. The minimum absolute atomic E-state index is 0.662. The van der Waals surface area contributed by atoms with E-state index in [9.17, 15) is 78.6 Å². The monoisotopic (exact) mass is 831 g/mol. The van der Waals surface area contributed by atoms with Crippen LogP contribution < -0.4 is 37.6 Å². The van der Waals surface area contributed by atoms with Gasteiger partial charge in [0.25, 0.3) is 26.8 Å². The first kappa shape index (κ1) is 42.8. The van der Waals surface area contributed by atoms with E-state index in [1.54, 1.807) is 0 Å².